The second kappa shape index (κ2) is 8.34. The van der Waals surface area contributed by atoms with Crippen LogP contribution in [0.4, 0.5) is 10.5 Å². The molecule has 0 radical (unpaired) electrons. The van der Waals surface area contributed by atoms with Crippen molar-refractivity contribution in [3.8, 4) is 5.88 Å². The number of amides is 2. The van der Waals surface area contributed by atoms with E-state index in [1.165, 1.54) is 0 Å². The van der Waals surface area contributed by atoms with Gasteiger partial charge in [0.15, 0.2) is 0 Å². The molecule has 0 aliphatic carbocycles. The summed E-state index contributed by atoms with van der Waals surface area (Å²) in [6.07, 6.45) is 2.09. The number of anilines is 1. The molecule has 0 aromatic carbocycles. The summed E-state index contributed by atoms with van der Waals surface area (Å²) in [5.41, 5.74) is 0.582. The number of hydrogen-bond acceptors (Lipinski definition) is 7. The Kier molecular flexibility index (Phi) is 5.90. The van der Waals surface area contributed by atoms with E-state index in [1.807, 2.05) is 0 Å². The Morgan fingerprint density at radius 3 is 2.81 bits per heavy atom. The lowest BCUT2D eigenvalue weighted by molar-refractivity contribution is 0.111. The Bertz CT molecular complexity index is 761. The Balaban J connectivity index is 1.66. The fourth-order valence-electron chi connectivity index (χ4n) is 2.86. The SMILES string of the molecule is CO[C@H]1C[C@H](c2nnc(C)o2)N(C(=O)Nc2ccc(OCC(C)C)nc2)C1. The lowest BCUT2D eigenvalue weighted by atomic mass is 10.2. The Hall–Kier alpha value is -2.68. The lowest BCUT2D eigenvalue weighted by Crippen LogP contribution is -2.35. The zero-order valence-electron chi connectivity index (χ0n) is 16.0. The number of pyridine rings is 1. The molecule has 2 atom stereocenters. The maximum atomic E-state index is 12.8. The van der Waals surface area contributed by atoms with Gasteiger partial charge in [0.05, 0.1) is 24.6 Å². The first-order valence-corrected chi connectivity index (χ1v) is 8.95. The van der Waals surface area contributed by atoms with Crippen LogP contribution in [0.2, 0.25) is 0 Å². The van der Waals surface area contributed by atoms with Gasteiger partial charge in [-0.3, -0.25) is 0 Å². The van der Waals surface area contributed by atoms with Gasteiger partial charge in [0.1, 0.15) is 6.04 Å². The summed E-state index contributed by atoms with van der Waals surface area (Å²) in [4.78, 5) is 18.6. The molecule has 3 rings (SSSR count). The zero-order valence-corrected chi connectivity index (χ0v) is 16.0. The van der Waals surface area contributed by atoms with Crippen molar-refractivity contribution < 1.29 is 18.7 Å². The van der Waals surface area contributed by atoms with E-state index in [2.05, 4.69) is 34.3 Å². The number of rotatable bonds is 6. The molecule has 2 aromatic rings. The number of carbonyl (C=O) groups is 1. The van der Waals surface area contributed by atoms with Crippen LogP contribution in [0.15, 0.2) is 22.7 Å². The molecule has 1 saturated heterocycles. The Labute approximate surface area is 158 Å². The number of methoxy groups -OCH3 is 1. The average Bonchev–Trinajstić information content (AvgIpc) is 3.27. The molecule has 27 heavy (non-hydrogen) atoms. The first-order valence-electron chi connectivity index (χ1n) is 8.95. The van der Waals surface area contributed by atoms with Crippen LogP contribution in [0, 0.1) is 12.8 Å². The molecule has 1 aliphatic heterocycles. The summed E-state index contributed by atoms with van der Waals surface area (Å²) in [5, 5.41) is 10.8. The van der Waals surface area contributed by atoms with E-state index in [0.717, 1.165) is 0 Å². The number of hydrogen-bond donors (Lipinski definition) is 1. The maximum absolute atomic E-state index is 12.8. The standard InChI is InChI=1S/C18H25N5O4/c1-11(2)10-26-16-6-5-13(8-19-16)20-18(24)23-9-14(25-4)7-15(23)17-22-21-12(3)27-17/h5-6,8,11,14-15H,7,9-10H2,1-4H3,(H,20,24)/t14-,15+/m0/s1. The first kappa shape index (κ1) is 19.1. The van der Waals surface area contributed by atoms with Gasteiger partial charge in [0.25, 0.3) is 0 Å². The second-order valence-electron chi connectivity index (χ2n) is 6.94. The normalized spacial score (nSPS) is 19.5. The van der Waals surface area contributed by atoms with Crippen molar-refractivity contribution in [3.05, 3.63) is 30.1 Å². The van der Waals surface area contributed by atoms with Crippen molar-refractivity contribution >= 4 is 11.7 Å². The predicted molar refractivity (Wildman–Crippen MR) is 97.5 cm³/mol. The zero-order chi connectivity index (χ0) is 19.4. The molecule has 0 unspecified atom stereocenters. The van der Waals surface area contributed by atoms with Crippen LogP contribution < -0.4 is 10.1 Å². The molecular weight excluding hydrogens is 350 g/mol. The number of aryl methyl sites for hydroxylation is 1. The molecule has 146 valence electrons. The molecule has 9 heteroatoms. The van der Waals surface area contributed by atoms with Gasteiger partial charge in [-0.25, -0.2) is 9.78 Å². The van der Waals surface area contributed by atoms with Crippen LogP contribution >= 0.6 is 0 Å². The van der Waals surface area contributed by atoms with Crippen molar-refractivity contribution in [2.75, 3.05) is 25.6 Å². The molecule has 1 N–H and O–H groups in total. The van der Waals surface area contributed by atoms with Crippen LogP contribution in [0.1, 0.15) is 38.1 Å². The number of urea groups is 1. The fraction of sp³-hybridized carbons (Fsp3) is 0.556. The van der Waals surface area contributed by atoms with Crippen molar-refractivity contribution in [1.29, 1.82) is 0 Å². The number of ether oxygens (including phenoxy) is 2. The number of aromatic nitrogens is 3. The largest absolute Gasteiger partial charge is 0.477 e. The average molecular weight is 375 g/mol. The highest BCUT2D eigenvalue weighted by atomic mass is 16.5. The minimum Gasteiger partial charge on any atom is -0.477 e. The second-order valence-corrected chi connectivity index (χ2v) is 6.94. The fourth-order valence-corrected chi connectivity index (χ4v) is 2.86. The summed E-state index contributed by atoms with van der Waals surface area (Å²) in [5.74, 6) is 1.83. The van der Waals surface area contributed by atoms with Gasteiger partial charge in [-0.2, -0.15) is 0 Å². The number of carbonyl (C=O) groups excluding carboxylic acids is 1. The molecule has 1 aliphatic rings. The monoisotopic (exact) mass is 375 g/mol. The molecule has 0 saturated carbocycles. The topological polar surface area (TPSA) is 103 Å². The van der Waals surface area contributed by atoms with Crippen molar-refractivity contribution in [1.82, 2.24) is 20.1 Å². The molecular formula is C18H25N5O4. The predicted octanol–water partition coefficient (Wildman–Crippen LogP) is 2.80. The van der Waals surface area contributed by atoms with Gasteiger partial charge in [-0.05, 0) is 12.0 Å². The number of likely N-dealkylation sites (tertiary alicyclic amines) is 1. The van der Waals surface area contributed by atoms with Gasteiger partial charge in [0, 0.05) is 33.1 Å². The van der Waals surface area contributed by atoms with Gasteiger partial charge >= 0.3 is 6.03 Å². The third kappa shape index (κ3) is 4.73. The van der Waals surface area contributed by atoms with Crippen LogP contribution in [0.5, 0.6) is 5.88 Å². The number of nitrogens with zero attached hydrogens (tertiary/aromatic N) is 4. The van der Waals surface area contributed by atoms with Crippen molar-refractivity contribution in [2.45, 2.75) is 39.3 Å². The first-order chi connectivity index (χ1) is 13.0. The van der Waals surface area contributed by atoms with E-state index in [-0.39, 0.29) is 18.2 Å². The third-order valence-corrected chi connectivity index (χ3v) is 4.24. The maximum Gasteiger partial charge on any atom is 0.322 e. The van der Waals surface area contributed by atoms with E-state index in [9.17, 15) is 4.79 Å². The molecule has 0 spiro atoms. The van der Waals surface area contributed by atoms with Crippen LogP contribution in [0.25, 0.3) is 0 Å². The van der Waals surface area contributed by atoms with Gasteiger partial charge in [-0.1, -0.05) is 13.8 Å². The molecule has 3 heterocycles. The Morgan fingerprint density at radius 1 is 1.41 bits per heavy atom. The van der Waals surface area contributed by atoms with Crippen molar-refractivity contribution in [3.63, 3.8) is 0 Å². The molecule has 9 nitrogen and oxygen atoms in total. The van der Waals surface area contributed by atoms with E-state index in [4.69, 9.17) is 13.9 Å². The van der Waals surface area contributed by atoms with Crippen LogP contribution in [-0.4, -0.2) is 52.5 Å². The minimum absolute atomic E-state index is 0.0853. The van der Waals surface area contributed by atoms with Gasteiger partial charge < -0.3 is 24.1 Å². The van der Waals surface area contributed by atoms with E-state index < -0.39 is 0 Å². The summed E-state index contributed by atoms with van der Waals surface area (Å²) in [7, 11) is 1.63. The highest BCUT2D eigenvalue weighted by Crippen LogP contribution is 2.33. The highest BCUT2D eigenvalue weighted by Gasteiger charge is 2.39. The highest BCUT2D eigenvalue weighted by molar-refractivity contribution is 5.89. The number of nitrogens with one attached hydrogen (secondary N) is 1. The van der Waals surface area contributed by atoms with E-state index in [1.54, 1.807) is 37.3 Å². The quantitative estimate of drug-likeness (QED) is 0.828. The summed E-state index contributed by atoms with van der Waals surface area (Å²) in [6, 6.07) is 2.90. The Morgan fingerprint density at radius 2 is 2.22 bits per heavy atom. The molecule has 0 bridgehead atoms. The molecule has 2 amide bonds. The summed E-state index contributed by atoms with van der Waals surface area (Å²) < 4.78 is 16.5. The van der Waals surface area contributed by atoms with Crippen LogP contribution in [-0.2, 0) is 4.74 Å². The minimum atomic E-state index is -0.322. The smallest absolute Gasteiger partial charge is 0.322 e. The molecule has 2 aromatic heterocycles. The summed E-state index contributed by atoms with van der Waals surface area (Å²) in [6.45, 7) is 6.89. The van der Waals surface area contributed by atoms with Gasteiger partial charge in [0.2, 0.25) is 17.7 Å². The van der Waals surface area contributed by atoms with Crippen LogP contribution in [0.3, 0.4) is 0 Å². The van der Waals surface area contributed by atoms with E-state index in [0.29, 0.717) is 48.8 Å². The lowest BCUT2D eigenvalue weighted by Gasteiger charge is -2.22. The molecule has 1 fully saturated rings. The van der Waals surface area contributed by atoms with Crippen molar-refractivity contribution in [2.24, 2.45) is 5.92 Å². The van der Waals surface area contributed by atoms with Gasteiger partial charge in [-0.15, -0.1) is 10.2 Å². The third-order valence-electron chi connectivity index (χ3n) is 4.24. The van der Waals surface area contributed by atoms with E-state index >= 15 is 0 Å². The summed E-state index contributed by atoms with van der Waals surface area (Å²) >= 11 is 0.